The highest BCUT2D eigenvalue weighted by molar-refractivity contribution is 6.50. The Morgan fingerprint density at radius 2 is 1.74 bits per heavy atom. The van der Waals surface area contributed by atoms with Gasteiger partial charge in [0.1, 0.15) is 0 Å². The zero-order chi connectivity index (χ0) is 15.4. The van der Waals surface area contributed by atoms with Crippen LogP contribution in [0.25, 0.3) is 0 Å². The van der Waals surface area contributed by atoms with Crippen LogP contribution in [0.1, 0.15) is 27.7 Å². The molecule has 0 aromatic rings. The fraction of sp³-hybridized carbons (Fsp3) is 0.833. The molecule has 0 bridgehead atoms. The average molecular weight is 290 g/mol. The number of amides is 1. The molecule has 19 heavy (non-hydrogen) atoms. The minimum Gasteiger partial charge on any atom is -0.502 e. The molecule has 0 aromatic carbocycles. The van der Waals surface area contributed by atoms with Crippen LogP contribution in [-0.4, -0.2) is 55.9 Å². The summed E-state index contributed by atoms with van der Waals surface area (Å²) in [5.41, 5.74) is -0.676. The molecule has 6 nitrogen and oxygen atoms in total. The summed E-state index contributed by atoms with van der Waals surface area (Å²) in [4.78, 5) is 25.2. The molecule has 0 fully saturated rings. The topological polar surface area (TPSA) is 76.1 Å². The van der Waals surface area contributed by atoms with E-state index in [1.165, 1.54) is 18.9 Å². The first-order valence-corrected chi connectivity index (χ1v) is 8.50. The van der Waals surface area contributed by atoms with Crippen LogP contribution >= 0.6 is 0 Å². The second-order valence-corrected chi connectivity index (χ2v) is 7.55. The molecule has 0 aliphatic rings. The maximum Gasteiger partial charge on any atom is 0.397 e. The van der Waals surface area contributed by atoms with E-state index in [1.807, 2.05) is 13.1 Å². The Hall–Kier alpha value is -1.08. The maximum absolute atomic E-state index is 12.2. The van der Waals surface area contributed by atoms with Gasteiger partial charge in [-0.3, -0.25) is 4.90 Å². The van der Waals surface area contributed by atoms with E-state index in [9.17, 15) is 14.7 Å². The van der Waals surface area contributed by atoms with Crippen molar-refractivity contribution in [3.8, 4) is 0 Å². The van der Waals surface area contributed by atoms with Gasteiger partial charge in [-0.2, -0.15) is 0 Å². The van der Waals surface area contributed by atoms with Gasteiger partial charge in [0.25, 0.3) is 9.04 Å². The van der Waals surface area contributed by atoms with Crippen molar-refractivity contribution >= 4 is 21.1 Å². The van der Waals surface area contributed by atoms with Gasteiger partial charge in [0.2, 0.25) is 0 Å². The number of carbonyl (C=O) groups excluding carboxylic acids is 2. The van der Waals surface area contributed by atoms with Crippen molar-refractivity contribution in [2.45, 2.75) is 58.5 Å². The molecule has 0 saturated carbocycles. The van der Waals surface area contributed by atoms with E-state index in [2.05, 4.69) is 4.74 Å². The number of methoxy groups -OCH3 is 1. The van der Waals surface area contributed by atoms with Crippen molar-refractivity contribution < 1.29 is 23.9 Å². The number of hydrogen-bond acceptors (Lipinski definition) is 5. The molecule has 0 rings (SSSR count). The van der Waals surface area contributed by atoms with Crippen LogP contribution in [0.5, 0.6) is 0 Å². The Morgan fingerprint density at radius 1 is 1.26 bits per heavy atom. The highest BCUT2D eigenvalue weighted by atomic mass is 28.3. The summed E-state index contributed by atoms with van der Waals surface area (Å²) in [6.45, 7) is 10.4. The van der Waals surface area contributed by atoms with Crippen LogP contribution in [-0.2, 0) is 14.0 Å². The molecule has 0 aromatic heterocycles. The summed E-state index contributed by atoms with van der Waals surface area (Å²) >= 11 is 0. The van der Waals surface area contributed by atoms with Gasteiger partial charge in [0, 0.05) is 5.54 Å². The first-order valence-electron chi connectivity index (χ1n) is 6.09. The molecule has 2 atom stereocenters. The van der Waals surface area contributed by atoms with Crippen molar-refractivity contribution in [1.82, 2.24) is 4.90 Å². The molecule has 1 amide bonds. The molecule has 0 heterocycles. The van der Waals surface area contributed by atoms with Crippen LogP contribution in [0.15, 0.2) is 0 Å². The Labute approximate surface area is 116 Å². The fourth-order valence-electron chi connectivity index (χ4n) is 1.67. The lowest BCUT2D eigenvalue weighted by atomic mass is 10.0. The number of carbonyl (C=O) groups is 2. The van der Waals surface area contributed by atoms with Gasteiger partial charge in [-0.25, -0.2) is 9.59 Å². The number of hydrogen-bond donors (Lipinski definition) is 1. The third-order valence-corrected chi connectivity index (χ3v) is 2.97. The van der Waals surface area contributed by atoms with E-state index < -0.39 is 38.8 Å². The van der Waals surface area contributed by atoms with E-state index in [4.69, 9.17) is 4.43 Å². The standard InChI is InChI=1S/C12H24NO5Si/c1-8(14)9(10(15)17-5)13(12(2,3)4)11(16)18-19(6)7/h8-9,14H,1-7H3/t8-,9+/m1/s1. The number of esters is 1. The molecular formula is C12H24NO5Si. The maximum atomic E-state index is 12.2. The SMILES string of the molecule is COC(=O)[C@H]([C@@H](C)O)N(C(=O)O[Si](C)C)C(C)(C)C. The number of rotatable bonds is 4. The van der Waals surface area contributed by atoms with Crippen LogP contribution in [0.3, 0.4) is 0 Å². The van der Waals surface area contributed by atoms with Gasteiger partial charge in [-0.1, -0.05) is 0 Å². The lowest BCUT2D eigenvalue weighted by Crippen LogP contribution is -2.59. The third-order valence-electron chi connectivity index (χ3n) is 2.39. The summed E-state index contributed by atoms with van der Waals surface area (Å²) in [7, 11) is -0.0321. The summed E-state index contributed by atoms with van der Waals surface area (Å²) in [6.07, 6.45) is -1.66. The van der Waals surface area contributed by atoms with E-state index in [0.717, 1.165) is 0 Å². The van der Waals surface area contributed by atoms with Gasteiger partial charge in [0.05, 0.1) is 13.2 Å². The first-order chi connectivity index (χ1) is 8.52. The van der Waals surface area contributed by atoms with Crippen LogP contribution in [0.4, 0.5) is 4.79 Å². The summed E-state index contributed by atoms with van der Waals surface area (Å²) in [6, 6.07) is -1.08. The van der Waals surface area contributed by atoms with E-state index in [-0.39, 0.29) is 0 Å². The molecule has 0 spiro atoms. The van der Waals surface area contributed by atoms with Gasteiger partial charge >= 0.3 is 12.1 Å². The predicted molar refractivity (Wildman–Crippen MR) is 73.0 cm³/mol. The van der Waals surface area contributed by atoms with Crippen molar-refractivity contribution in [2.75, 3.05) is 7.11 Å². The molecule has 0 aliphatic heterocycles. The molecule has 1 N–H and O–H groups in total. The summed E-state index contributed by atoms with van der Waals surface area (Å²) in [5.74, 6) is -0.664. The lowest BCUT2D eigenvalue weighted by molar-refractivity contribution is -0.152. The smallest absolute Gasteiger partial charge is 0.397 e. The van der Waals surface area contributed by atoms with Crippen molar-refractivity contribution in [1.29, 1.82) is 0 Å². The van der Waals surface area contributed by atoms with Crippen molar-refractivity contribution in [3.05, 3.63) is 0 Å². The minimum absolute atomic E-state index is 0.609. The highest BCUT2D eigenvalue weighted by Gasteiger charge is 2.42. The number of aliphatic hydroxyl groups excluding tert-OH is 1. The molecule has 1 radical (unpaired) electrons. The Morgan fingerprint density at radius 3 is 2.00 bits per heavy atom. The Kier molecular flexibility index (Phi) is 6.51. The Balaban J connectivity index is 5.44. The number of ether oxygens (including phenoxy) is 1. The molecule has 7 heteroatoms. The summed E-state index contributed by atoms with van der Waals surface area (Å²) in [5, 5.41) is 9.79. The minimum atomic E-state index is -1.25. The zero-order valence-electron chi connectivity index (χ0n) is 12.7. The van der Waals surface area contributed by atoms with Gasteiger partial charge in [-0.05, 0) is 40.8 Å². The monoisotopic (exact) mass is 290 g/mol. The Bertz CT molecular complexity index is 325. The van der Waals surface area contributed by atoms with Crippen LogP contribution in [0, 0.1) is 0 Å². The molecule has 0 aliphatic carbocycles. The highest BCUT2D eigenvalue weighted by Crippen LogP contribution is 2.22. The number of aliphatic hydroxyl groups is 1. The van der Waals surface area contributed by atoms with Gasteiger partial charge in [0.15, 0.2) is 6.04 Å². The predicted octanol–water partition coefficient (Wildman–Crippen LogP) is 1.40. The molecule has 0 unspecified atom stereocenters. The van der Waals surface area contributed by atoms with Gasteiger partial charge < -0.3 is 14.3 Å². The average Bonchev–Trinajstić information content (AvgIpc) is 2.20. The third kappa shape index (κ3) is 5.20. The van der Waals surface area contributed by atoms with Crippen LogP contribution in [0.2, 0.25) is 13.1 Å². The van der Waals surface area contributed by atoms with E-state index in [0.29, 0.717) is 0 Å². The molecular weight excluding hydrogens is 266 g/mol. The molecule has 111 valence electrons. The second kappa shape index (κ2) is 6.90. The molecule has 0 saturated heterocycles. The number of nitrogens with zero attached hydrogens (tertiary/aromatic N) is 1. The van der Waals surface area contributed by atoms with Crippen LogP contribution < -0.4 is 0 Å². The van der Waals surface area contributed by atoms with E-state index >= 15 is 0 Å². The fourth-order valence-corrected chi connectivity index (χ4v) is 2.11. The lowest BCUT2D eigenvalue weighted by Gasteiger charge is -2.40. The quantitative estimate of drug-likeness (QED) is 0.625. The van der Waals surface area contributed by atoms with Gasteiger partial charge in [-0.15, -0.1) is 0 Å². The second-order valence-electron chi connectivity index (χ2n) is 5.53. The van der Waals surface area contributed by atoms with Crippen molar-refractivity contribution in [2.24, 2.45) is 0 Å². The first kappa shape index (κ1) is 17.9. The zero-order valence-corrected chi connectivity index (χ0v) is 13.7. The normalized spacial score (nSPS) is 14.8. The van der Waals surface area contributed by atoms with Crippen molar-refractivity contribution in [3.63, 3.8) is 0 Å². The largest absolute Gasteiger partial charge is 0.502 e. The summed E-state index contributed by atoms with van der Waals surface area (Å²) < 4.78 is 9.90. The van der Waals surface area contributed by atoms with E-state index in [1.54, 1.807) is 20.8 Å².